The van der Waals surface area contributed by atoms with Crippen LogP contribution in [0.25, 0.3) is 11.1 Å². The summed E-state index contributed by atoms with van der Waals surface area (Å²) in [7, 11) is -0.995. The summed E-state index contributed by atoms with van der Waals surface area (Å²) >= 11 is 0. The number of fused-ring (bicyclic) bond motifs is 2. The molecule has 9 nitrogen and oxygen atoms in total. The highest BCUT2D eigenvalue weighted by atomic mass is 32.2. The van der Waals surface area contributed by atoms with Gasteiger partial charge in [-0.05, 0) is 72.1 Å². The fourth-order valence-corrected chi connectivity index (χ4v) is 5.89. The van der Waals surface area contributed by atoms with E-state index in [0.717, 1.165) is 56.3 Å². The molecule has 4 aromatic rings. The van der Waals surface area contributed by atoms with Crippen LogP contribution >= 0.6 is 0 Å². The maximum absolute atomic E-state index is 11.6. The van der Waals surface area contributed by atoms with Crippen molar-refractivity contribution in [1.29, 1.82) is 0 Å². The molecular formula is C36H40N2O7S. The number of benzene rings is 3. The van der Waals surface area contributed by atoms with Gasteiger partial charge < -0.3 is 34.1 Å². The molecule has 0 saturated heterocycles. The number of pyridine rings is 1. The van der Waals surface area contributed by atoms with E-state index in [-0.39, 0.29) is 6.10 Å². The highest BCUT2D eigenvalue weighted by Gasteiger charge is 2.28. The Bertz CT molecular complexity index is 1660. The van der Waals surface area contributed by atoms with E-state index in [0.29, 0.717) is 45.3 Å². The zero-order valence-electron chi connectivity index (χ0n) is 26.4. The third kappa shape index (κ3) is 8.12. The van der Waals surface area contributed by atoms with Crippen molar-refractivity contribution in [2.75, 3.05) is 32.6 Å². The van der Waals surface area contributed by atoms with E-state index >= 15 is 0 Å². The molecule has 0 fully saturated rings. The molecule has 3 atom stereocenters. The molecule has 0 amide bonds. The smallest absolute Gasteiger partial charge is 0.205 e. The summed E-state index contributed by atoms with van der Waals surface area (Å²) in [6.45, 7) is 6.52. The third-order valence-electron chi connectivity index (χ3n) is 7.95. The molecule has 0 spiro atoms. The van der Waals surface area contributed by atoms with Crippen LogP contribution in [0.3, 0.4) is 0 Å². The number of aliphatic hydroxyl groups is 1. The SMILES string of the molecule is CS(=O)c1ccc(-c2ccc(COC[C@@H]3COc4ccc(CCNC[C@H](O)c5ccc6c(c5)COC(C)(C)O6)cc4O3)nc2)cc1. The zero-order valence-corrected chi connectivity index (χ0v) is 27.2. The monoisotopic (exact) mass is 644 g/mol. The lowest BCUT2D eigenvalue weighted by molar-refractivity contribution is -0.180. The summed E-state index contributed by atoms with van der Waals surface area (Å²) in [6.07, 6.45) is 3.41. The number of aliphatic hydroxyl groups excluding tert-OH is 1. The molecule has 6 rings (SSSR count). The Morgan fingerprint density at radius 3 is 2.61 bits per heavy atom. The summed E-state index contributed by atoms with van der Waals surface area (Å²) in [4.78, 5) is 5.34. The van der Waals surface area contributed by atoms with Gasteiger partial charge in [0.05, 0.1) is 31.6 Å². The van der Waals surface area contributed by atoms with Crippen molar-refractivity contribution < 1.29 is 33.0 Å². The van der Waals surface area contributed by atoms with E-state index < -0.39 is 22.7 Å². The Hall–Kier alpha value is -3.80. The third-order valence-corrected chi connectivity index (χ3v) is 8.89. The van der Waals surface area contributed by atoms with Gasteiger partial charge in [-0.25, -0.2) is 0 Å². The summed E-state index contributed by atoms with van der Waals surface area (Å²) in [5.41, 5.74) is 5.72. The molecule has 3 heterocycles. The number of rotatable bonds is 12. The van der Waals surface area contributed by atoms with E-state index in [1.807, 2.05) is 92.8 Å². The van der Waals surface area contributed by atoms with Crippen LogP contribution in [0.4, 0.5) is 0 Å². The number of hydrogen-bond acceptors (Lipinski definition) is 9. The number of nitrogens with zero attached hydrogens (tertiary/aromatic N) is 1. The normalized spacial score (nSPS) is 17.9. The van der Waals surface area contributed by atoms with Crippen LogP contribution in [-0.4, -0.2) is 58.7 Å². The number of nitrogens with one attached hydrogen (secondary N) is 1. The van der Waals surface area contributed by atoms with Crippen molar-refractivity contribution >= 4 is 10.8 Å². The Kier molecular flexibility index (Phi) is 10.0. The first-order valence-corrected chi connectivity index (χ1v) is 17.0. The predicted octanol–water partition coefficient (Wildman–Crippen LogP) is 5.35. The topological polar surface area (TPSA) is 108 Å². The predicted molar refractivity (Wildman–Crippen MR) is 175 cm³/mol. The molecule has 242 valence electrons. The average Bonchev–Trinajstić information content (AvgIpc) is 3.06. The lowest BCUT2D eigenvalue weighted by atomic mass is 10.0. The van der Waals surface area contributed by atoms with Gasteiger partial charge in [0.15, 0.2) is 17.6 Å². The second-order valence-corrected chi connectivity index (χ2v) is 13.4. The molecule has 2 N–H and O–H groups in total. The van der Waals surface area contributed by atoms with Gasteiger partial charge in [0.1, 0.15) is 12.4 Å². The first-order chi connectivity index (χ1) is 22.2. The standard InChI is InChI=1S/C36H40N2O7S/c1-36(2)43-20-28-17-26(8-13-33(28)45-36)32(39)19-37-15-14-24-4-12-34-35(16-24)44-30(23-42-34)22-41-21-29-9-5-27(18-38-29)25-6-10-31(11-7-25)46(3)40/h4-13,16-18,30,32,37,39H,14-15,19-23H2,1-3H3/t30-,32+,46?/m1/s1. The molecule has 1 unspecified atom stereocenters. The van der Waals surface area contributed by atoms with Crippen molar-refractivity contribution in [2.24, 2.45) is 0 Å². The lowest BCUT2D eigenvalue weighted by Crippen LogP contribution is -2.35. The highest BCUT2D eigenvalue weighted by molar-refractivity contribution is 7.84. The van der Waals surface area contributed by atoms with E-state index in [4.69, 9.17) is 23.7 Å². The van der Waals surface area contributed by atoms with Gasteiger partial charge in [-0.1, -0.05) is 30.3 Å². The van der Waals surface area contributed by atoms with Gasteiger partial charge in [0, 0.05) is 59.7 Å². The highest BCUT2D eigenvalue weighted by Crippen LogP contribution is 2.34. The largest absolute Gasteiger partial charge is 0.486 e. The summed E-state index contributed by atoms with van der Waals surface area (Å²) in [5.74, 6) is 1.59. The minimum Gasteiger partial charge on any atom is -0.486 e. The van der Waals surface area contributed by atoms with Crippen molar-refractivity contribution in [3.63, 3.8) is 0 Å². The van der Waals surface area contributed by atoms with Gasteiger partial charge in [0.2, 0.25) is 5.79 Å². The second kappa shape index (κ2) is 14.3. The van der Waals surface area contributed by atoms with Crippen LogP contribution in [0, 0.1) is 0 Å². The summed E-state index contributed by atoms with van der Waals surface area (Å²) < 4.78 is 41.3. The fraction of sp³-hybridized carbons (Fsp3) is 0.361. The van der Waals surface area contributed by atoms with Crippen LogP contribution in [-0.2, 0) is 39.9 Å². The molecule has 0 bridgehead atoms. The summed E-state index contributed by atoms with van der Waals surface area (Å²) in [5, 5.41) is 14.1. The van der Waals surface area contributed by atoms with Gasteiger partial charge in [0.25, 0.3) is 0 Å². The minimum atomic E-state index is -0.995. The van der Waals surface area contributed by atoms with E-state index in [1.54, 1.807) is 6.26 Å². The number of aromatic nitrogens is 1. The Balaban J connectivity index is 0.931. The van der Waals surface area contributed by atoms with Gasteiger partial charge in [-0.15, -0.1) is 0 Å². The van der Waals surface area contributed by atoms with Gasteiger partial charge in [-0.2, -0.15) is 0 Å². The zero-order chi connectivity index (χ0) is 32.1. The molecule has 3 aromatic carbocycles. The average molecular weight is 645 g/mol. The molecule has 10 heteroatoms. The number of ether oxygens (including phenoxy) is 5. The summed E-state index contributed by atoms with van der Waals surface area (Å²) in [6, 6.07) is 23.4. The molecule has 2 aliphatic rings. The lowest BCUT2D eigenvalue weighted by Gasteiger charge is -2.33. The maximum Gasteiger partial charge on any atom is 0.205 e. The van der Waals surface area contributed by atoms with E-state index in [1.165, 1.54) is 0 Å². The first kappa shape index (κ1) is 32.2. The van der Waals surface area contributed by atoms with E-state index in [2.05, 4.69) is 10.3 Å². The minimum absolute atomic E-state index is 0.226. The Labute approximate surface area is 272 Å². The van der Waals surface area contributed by atoms with Crippen molar-refractivity contribution in [2.45, 2.75) is 56.4 Å². The van der Waals surface area contributed by atoms with Crippen LogP contribution in [0.5, 0.6) is 17.2 Å². The van der Waals surface area contributed by atoms with E-state index in [9.17, 15) is 9.32 Å². The quantitative estimate of drug-likeness (QED) is 0.197. The molecular weight excluding hydrogens is 604 g/mol. The van der Waals surface area contributed by atoms with Crippen LogP contribution < -0.4 is 19.5 Å². The molecule has 46 heavy (non-hydrogen) atoms. The van der Waals surface area contributed by atoms with Crippen LogP contribution in [0.1, 0.15) is 42.3 Å². The molecule has 2 aliphatic heterocycles. The Morgan fingerprint density at radius 2 is 1.83 bits per heavy atom. The van der Waals surface area contributed by atoms with Crippen molar-refractivity contribution in [1.82, 2.24) is 10.3 Å². The maximum atomic E-state index is 11.6. The van der Waals surface area contributed by atoms with Crippen LogP contribution in [0.15, 0.2) is 83.9 Å². The molecule has 0 radical (unpaired) electrons. The Morgan fingerprint density at radius 1 is 1.02 bits per heavy atom. The van der Waals surface area contributed by atoms with Gasteiger partial charge >= 0.3 is 0 Å². The second-order valence-electron chi connectivity index (χ2n) is 12.0. The van der Waals surface area contributed by atoms with Crippen LogP contribution in [0.2, 0.25) is 0 Å². The van der Waals surface area contributed by atoms with Gasteiger partial charge in [-0.3, -0.25) is 9.19 Å². The first-order valence-electron chi connectivity index (χ1n) is 15.5. The molecule has 1 aromatic heterocycles. The molecule has 0 aliphatic carbocycles. The fourth-order valence-electron chi connectivity index (χ4n) is 5.37. The number of hydrogen-bond donors (Lipinski definition) is 2. The van der Waals surface area contributed by atoms with Crippen molar-refractivity contribution in [3.8, 4) is 28.4 Å². The molecule has 0 saturated carbocycles. The van der Waals surface area contributed by atoms with Crippen molar-refractivity contribution in [3.05, 3.63) is 101 Å².